The second kappa shape index (κ2) is 5.07. The van der Waals surface area contributed by atoms with E-state index in [0.29, 0.717) is 18.8 Å². The largest absolute Gasteiger partial charge is 0.357 e. The molecule has 1 aromatic rings. The number of carbonyl (C=O) groups is 1. The second-order valence-corrected chi connectivity index (χ2v) is 2.87. The van der Waals surface area contributed by atoms with E-state index in [-0.39, 0.29) is 5.91 Å². The van der Waals surface area contributed by atoms with Gasteiger partial charge in [0, 0.05) is 19.3 Å². The Morgan fingerprint density at radius 3 is 2.50 bits per heavy atom. The van der Waals surface area contributed by atoms with Crippen LogP contribution in [0.15, 0.2) is 43.6 Å². The van der Waals surface area contributed by atoms with Gasteiger partial charge in [0.15, 0.2) is 0 Å². The lowest BCUT2D eigenvalue weighted by atomic mass is 10.3. The van der Waals surface area contributed by atoms with E-state index in [1.54, 1.807) is 35.4 Å². The zero-order valence-corrected chi connectivity index (χ0v) is 8.07. The average molecular weight is 190 g/mol. The number of hydrogen-bond acceptors (Lipinski definition) is 1. The summed E-state index contributed by atoms with van der Waals surface area (Å²) in [5.41, 5.74) is 0.591. The standard InChI is InChI=1S/C11H14N2O/c1-3-8-13(9-4-2)11(14)10-6-5-7-12-10/h3-7,12H,1-2,8-9H2. The van der Waals surface area contributed by atoms with Crippen LogP contribution in [0.5, 0.6) is 0 Å². The SMILES string of the molecule is C=CCN(CC=C)C(=O)c1ccc[nH]1. The number of nitrogens with one attached hydrogen (secondary N) is 1. The molecule has 0 spiro atoms. The van der Waals surface area contributed by atoms with E-state index >= 15 is 0 Å². The Morgan fingerprint density at radius 2 is 2.07 bits per heavy atom. The van der Waals surface area contributed by atoms with Crippen LogP contribution in [0.1, 0.15) is 10.5 Å². The molecule has 0 bridgehead atoms. The molecule has 74 valence electrons. The molecule has 0 aliphatic carbocycles. The van der Waals surface area contributed by atoms with Gasteiger partial charge in [0.25, 0.3) is 5.91 Å². The number of nitrogens with zero attached hydrogens (tertiary/aromatic N) is 1. The van der Waals surface area contributed by atoms with Crippen LogP contribution in [-0.2, 0) is 0 Å². The lowest BCUT2D eigenvalue weighted by Gasteiger charge is -2.18. The van der Waals surface area contributed by atoms with Crippen molar-refractivity contribution in [1.82, 2.24) is 9.88 Å². The number of aromatic amines is 1. The Balaban J connectivity index is 2.72. The molecule has 0 radical (unpaired) electrons. The maximum absolute atomic E-state index is 11.8. The second-order valence-electron chi connectivity index (χ2n) is 2.87. The van der Waals surface area contributed by atoms with Crippen LogP contribution in [0.2, 0.25) is 0 Å². The van der Waals surface area contributed by atoms with Crippen molar-refractivity contribution in [1.29, 1.82) is 0 Å². The van der Waals surface area contributed by atoms with E-state index in [1.165, 1.54) is 0 Å². The molecule has 0 fully saturated rings. The maximum atomic E-state index is 11.8. The lowest BCUT2D eigenvalue weighted by Crippen LogP contribution is -2.31. The van der Waals surface area contributed by atoms with E-state index in [9.17, 15) is 4.79 Å². The maximum Gasteiger partial charge on any atom is 0.270 e. The van der Waals surface area contributed by atoms with Crippen LogP contribution in [0, 0.1) is 0 Å². The first-order chi connectivity index (χ1) is 6.79. The van der Waals surface area contributed by atoms with E-state index in [2.05, 4.69) is 18.1 Å². The van der Waals surface area contributed by atoms with Crippen molar-refractivity contribution >= 4 is 5.91 Å². The first-order valence-electron chi connectivity index (χ1n) is 4.44. The Hall–Kier alpha value is -1.77. The van der Waals surface area contributed by atoms with Crippen LogP contribution in [0.4, 0.5) is 0 Å². The van der Waals surface area contributed by atoms with Gasteiger partial charge in [-0.15, -0.1) is 13.2 Å². The highest BCUT2D eigenvalue weighted by molar-refractivity contribution is 5.92. The number of aromatic nitrogens is 1. The third kappa shape index (κ3) is 2.36. The van der Waals surface area contributed by atoms with Crippen LogP contribution in [0.3, 0.4) is 0 Å². The third-order valence-corrected chi connectivity index (χ3v) is 1.81. The lowest BCUT2D eigenvalue weighted by molar-refractivity contribution is 0.0786. The van der Waals surface area contributed by atoms with Crippen LogP contribution in [0.25, 0.3) is 0 Å². The molecule has 0 saturated heterocycles. The van der Waals surface area contributed by atoms with Gasteiger partial charge in [-0.25, -0.2) is 0 Å². The van der Waals surface area contributed by atoms with Crippen molar-refractivity contribution in [2.24, 2.45) is 0 Å². The highest BCUT2D eigenvalue weighted by atomic mass is 16.2. The van der Waals surface area contributed by atoms with Crippen molar-refractivity contribution in [3.63, 3.8) is 0 Å². The molecule has 3 heteroatoms. The number of hydrogen-bond donors (Lipinski definition) is 1. The summed E-state index contributed by atoms with van der Waals surface area (Å²) in [6, 6.07) is 3.55. The molecule has 0 aromatic carbocycles. The Morgan fingerprint density at radius 1 is 1.43 bits per heavy atom. The summed E-state index contributed by atoms with van der Waals surface area (Å²) in [6.45, 7) is 8.28. The van der Waals surface area contributed by atoms with E-state index in [0.717, 1.165) is 0 Å². The smallest absolute Gasteiger partial charge is 0.270 e. The van der Waals surface area contributed by atoms with Crippen molar-refractivity contribution in [2.75, 3.05) is 13.1 Å². The summed E-state index contributed by atoms with van der Waals surface area (Å²) in [5, 5.41) is 0. The number of H-pyrrole nitrogens is 1. The predicted octanol–water partition coefficient (Wildman–Crippen LogP) is 1.83. The Kier molecular flexibility index (Phi) is 3.73. The van der Waals surface area contributed by atoms with Crippen molar-refractivity contribution in [2.45, 2.75) is 0 Å². The summed E-state index contributed by atoms with van der Waals surface area (Å²) >= 11 is 0. The highest BCUT2D eigenvalue weighted by Gasteiger charge is 2.12. The molecule has 0 saturated carbocycles. The molecule has 1 N–H and O–H groups in total. The Bertz CT molecular complexity index is 304. The van der Waals surface area contributed by atoms with Gasteiger partial charge in [-0.2, -0.15) is 0 Å². The van der Waals surface area contributed by atoms with Crippen molar-refractivity contribution in [3.8, 4) is 0 Å². The minimum Gasteiger partial charge on any atom is -0.357 e. The fraction of sp³-hybridized carbons (Fsp3) is 0.182. The number of carbonyl (C=O) groups excluding carboxylic acids is 1. The van der Waals surface area contributed by atoms with E-state index < -0.39 is 0 Å². The van der Waals surface area contributed by atoms with Gasteiger partial charge in [0.05, 0.1) is 0 Å². The molecule has 0 atom stereocenters. The summed E-state index contributed by atoms with van der Waals surface area (Å²) in [5.74, 6) is -0.0326. The fourth-order valence-corrected chi connectivity index (χ4v) is 1.19. The fourth-order valence-electron chi connectivity index (χ4n) is 1.19. The molecular weight excluding hydrogens is 176 g/mol. The monoisotopic (exact) mass is 190 g/mol. The highest BCUT2D eigenvalue weighted by Crippen LogP contribution is 2.02. The summed E-state index contributed by atoms with van der Waals surface area (Å²) < 4.78 is 0. The number of rotatable bonds is 5. The predicted molar refractivity (Wildman–Crippen MR) is 57.1 cm³/mol. The van der Waals surface area contributed by atoms with Gasteiger partial charge in [-0.05, 0) is 12.1 Å². The topological polar surface area (TPSA) is 36.1 Å². The van der Waals surface area contributed by atoms with E-state index in [4.69, 9.17) is 0 Å². The quantitative estimate of drug-likeness (QED) is 0.706. The molecule has 1 aromatic heterocycles. The van der Waals surface area contributed by atoms with Gasteiger partial charge in [0.1, 0.15) is 5.69 Å². The first-order valence-corrected chi connectivity index (χ1v) is 4.44. The molecule has 14 heavy (non-hydrogen) atoms. The average Bonchev–Trinajstić information content (AvgIpc) is 2.69. The Labute approximate surface area is 83.7 Å². The molecular formula is C11H14N2O. The van der Waals surface area contributed by atoms with Gasteiger partial charge in [0.2, 0.25) is 0 Å². The minimum absolute atomic E-state index is 0.0326. The third-order valence-electron chi connectivity index (χ3n) is 1.81. The molecule has 0 aliphatic heterocycles. The van der Waals surface area contributed by atoms with Gasteiger partial charge >= 0.3 is 0 Å². The van der Waals surface area contributed by atoms with Crippen LogP contribution < -0.4 is 0 Å². The molecule has 0 unspecified atom stereocenters. The zero-order chi connectivity index (χ0) is 10.4. The minimum atomic E-state index is -0.0326. The molecule has 1 rings (SSSR count). The van der Waals surface area contributed by atoms with Crippen molar-refractivity contribution < 1.29 is 4.79 Å². The van der Waals surface area contributed by atoms with Crippen molar-refractivity contribution in [3.05, 3.63) is 49.3 Å². The van der Waals surface area contributed by atoms with E-state index in [1.807, 2.05) is 0 Å². The normalized spacial score (nSPS) is 9.43. The summed E-state index contributed by atoms with van der Waals surface area (Å²) in [7, 11) is 0. The molecule has 1 heterocycles. The number of amides is 1. The molecule has 0 aliphatic rings. The first kappa shape index (κ1) is 10.3. The van der Waals surface area contributed by atoms with Crippen LogP contribution >= 0.6 is 0 Å². The summed E-state index contributed by atoms with van der Waals surface area (Å²) in [4.78, 5) is 16.3. The van der Waals surface area contributed by atoms with Gasteiger partial charge < -0.3 is 9.88 Å². The molecule has 1 amide bonds. The zero-order valence-electron chi connectivity index (χ0n) is 8.07. The van der Waals surface area contributed by atoms with Crippen LogP contribution in [-0.4, -0.2) is 28.9 Å². The van der Waals surface area contributed by atoms with Gasteiger partial charge in [-0.3, -0.25) is 4.79 Å². The van der Waals surface area contributed by atoms with Gasteiger partial charge in [-0.1, -0.05) is 12.2 Å². The summed E-state index contributed by atoms with van der Waals surface area (Å²) in [6.07, 6.45) is 5.13. The molecule has 3 nitrogen and oxygen atoms in total.